The van der Waals surface area contributed by atoms with Crippen LogP contribution in [0.4, 0.5) is 5.69 Å². The van der Waals surface area contributed by atoms with Gasteiger partial charge in [0.25, 0.3) is 0 Å². The Morgan fingerprint density at radius 2 is 2.32 bits per heavy atom. The first kappa shape index (κ1) is 15.1. The molecule has 22 heavy (non-hydrogen) atoms. The first-order valence-electron chi connectivity index (χ1n) is 7.41. The van der Waals surface area contributed by atoms with E-state index in [-0.39, 0.29) is 5.91 Å². The van der Waals surface area contributed by atoms with Gasteiger partial charge in [-0.3, -0.25) is 9.69 Å². The highest BCUT2D eigenvalue weighted by Crippen LogP contribution is 2.32. The van der Waals surface area contributed by atoms with Gasteiger partial charge in [-0.05, 0) is 42.5 Å². The lowest BCUT2D eigenvalue weighted by Crippen LogP contribution is -2.39. The second kappa shape index (κ2) is 6.50. The van der Waals surface area contributed by atoms with Gasteiger partial charge in [0.15, 0.2) is 0 Å². The zero-order valence-electron chi connectivity index (χ0n) is 12.8. The molecular weight excluding hydrogens is 296 g/mol. The lowest BCUT2D eigenvalue weighted by atomic mass is 10.0. The van der Waals surface area contributed by atoms with Crippen molar-refractivity contribution >= 4 is 22.9 Å². The third-order valence-electron chi connectivity index (χ3n) is 4.10. The zero-order chi connectivity index (χ0) is 15.5. The highest BCUT2D eigenvalue weighted by molar-refractivity contribution is 7.10. The van der Waals surface area contributed by atoms with Gasteiger partial charge >= 0.3 is 0 Å². The molecular formula is C17H20N2O2S. The number of rotatable bonds is 4. The van der Waals surface area contributed by atoms with E-state index in [9.17, 15) is 4.79 Å². The molecule has 0 unspecified atom stereocenters. The molecule has 0 fully saturated rings. The largest absolute Gasteiger partial charge is 0.497 e. The minimum absolute atomic E-state index is 0.0128. The quantitative estimate of drug-likeness (QED) is 0.941. The van der Waals surface area contributed by atoms with Crippen LogP contribution in [0.2, 0.25) is 0 Å². The Bertz CT molecular complexity index is 668. The van der Waals surface area contributed by atoms with Crippen LogP contribution in [0.25, 0.3) is 0 Å². The Kier molecular flexibility index (Phi) is 4.45. The molecule has 2 aromatic rings. The standard InChI is InChI=1S/C17H20N2O2S/c1-12-15-7-9-22-16(15)6-8-19(12)11-17(20)18-13-4-3-5-14(10-13)21-2/h3-5,7,9-10,12H,6,8,11H2,1-2H3,(H,18,20)/t12-/m1/s1. The Hall–Kier alpha value is -1.85. The zero-order valence-corrected chi connectivity index (χ0v) is 13.7. The van der Waals surface area contributed by atoms with Crippen molar-refractivity contribution in [1.29, 1.82) is 0 Å². The van der Waals surface area contributed by atoms with E-state index in [0.29, 0.717) is 12.6 Å². The van der Waals surface area contributed by atoms with Crippen LogP contribution >= 0.6 is 11.3 Å². The molecule has 5 heteroatoms. The first-order chi connectivity index (χ1) is 10.7. The van der Waals surface area contributed by atoms with Gasteiger partial charge in [0.1, 0.15) is 5.75 Å². The smallest absolute Gasteiger partial charge is 0.238 e. The van der Waals surface area contributed by atoms with Crippen molar-refractivity contribution in [1.82, 2.24) is 4.90 Å². The van der Waals surface area contributed by atoms with E-state index in [1.807, 2.05) is 35.6 Å². The van der Waals surface area contributed by atoms with E-state index in [2.05, 4.69) is 28.6 Å². The SMILES string of the molecule is COc1cccc(NC(=O)CN2CCc3sccc3[C@H]2C)c1. The molecule has 0 spiro atoms. The van der Waals surface area contributed by atoms with Gasteiger partial charge in [-0.15, -0.1) is 11.3 Å². The third kappa shape index (κ3) is 3.15. The van der Waals surface area contributed by atoms with E-state index in [1.165, 1.54) is 10.4 Å². The minimum atomic E-state index is 0.0128. The summed E-state index contributed by atoms with van der Waals surface area (Å²) >= 11 is 1.82. The van der Waals surface area contributed by atoms with Crippen molar-refractivity contribution in [3.63, 3.8) is 0 Å². The molecule has 1 aromatic heterocycles. The number of benzene rings is 1. The van der Waals surface area contributed by atoms with Crippen molar-refractivity contribution in [3.05, 3.63) is 46.2 Å². The van der Waals surface area contributed by atoms with Crippen LogP contribution in [0.5, 0.6) is 5.75 Å². The van der Waals surface area contributed by atoms with Gasteiger partial charge in [0, 0.05) is 29.2 Å². The van der Waals surface area contributed by atoms with Crippen molar-refractivity contribution < 1.29 is 9.53 Å². The fourth-order valence-corrected chi connectivity index (χ4v) is 3.83. The van der Waals surface area contributed by atoms with Crippen LogP contribution in [-0.4, -0.2) is 31.0 Å². The maximum atomic E-state index is 12.3. The fourth-order valence-electron chi connectivity index (χ4n) is 2.86. The fraction of sp³-hybridized carbons (Fsp3) is 0.353. The van der Waals surface area contributed by atoms with Crippen molar-refractivity contribution in [3.8, 4) is 5.75 Å². The number of thiophene rings is 1. The van der Waals surface area contributed by atoms with E-state index in [1.54, 1.807) is 7.11 Å². The van der Waals surface area contributed by atoms with Crippen LogP contribution < -0.4 is 10.1 Å². The molecule has 0 aliphatic carbocycles. The molecule has 1 atom stereocenters. The third-order valence-corrected chi connectivity index (χ3v) is 5.10. The molecule has 0 radical (unpaired) electrons. The number of nitrogens with one attached hydrogen (secondary N) is 1. The summed E-state index contributed by atoms with van der Waals surface area (Å²) in [5.41, 5.74) is 2.13. The summed E-state index contributed by atoms with van der Waals surface area (Å²) in [6, 6.07) is 9.91. The van der Waals surface area contributed by atoms with Crippen molar-refractivity contribution in [2.24, 2.45) is 0 Å². The van der Waals surface area contributed by atoms with Crippen molar-refractivity contribution in [2.75, 3.05) is 25.5 Å². The number of carbonyl (C=O) groups is 1. The maximum Gasteiger partial charge on any atom is 0.238 e. The highest BCUT2D eigenvalue weighted by atomic mass is 32.1. The molecule has 0 bridgehead atoms. The van der Waals surface area contributed by atoms with E-state index >= 15 is 0 Å². The predicted molar refractivity (Wildman–Crippen MR) is 89.6 cm³/mol. The van der Waals surface area contributed by atoms with Gasteiger partial charge in [0.05, 0.1) is 13.7 Å². The second-order valence-electron chi connectivity index (χ2n) is 5.48. The summed E-state index contributed by atoms with van der Waals surface area (Å²) < 4.78 is 5.17. The monoisotopic (exact) mass is 316 g/mol. The van der Waals surface area contributed by atoms with Crippen LogP contribution in [-0.2, 0) is 11.2 Å². The van der Waals surface area contributed by atoms with Crippen LogP contribution in [0, 0.1) is 0 Å². The number of hydrogen-bond acceptors (Lipinski definition) is 4. The minimum Gasteiger partial charge on any atom is -0.497 e. The molecule has 1 amide bonds. The number of ether oxygens (including phenoxy) is 1. The molecule has 116 valence electrons. The average Bonchev–Trinajstić information content (AvgIpc) is 2.99. The summed E-state index contributed by atoms with van der Waals surface area (Å²) in [4.78, 5) is 16.0. The number of methoxy groups -OCH3 is 1. The average molecular weight is 316 g/mol. The van der Waals surface area contributed by atoms with E-state index in [4.69, 9.17) is 4.74 Å². The summed E-state index contributed by atoms with van der Waals surface area (Å²) in [6.07, 6.45) is 1.03. The molecule has 2 heterocycles. The topological polar surface area (TPSA) is 41.6 Å². The van der Waals surface area contributed by atoms with Crippen LogP contribution in [0.3, 0.4) is 0 Å². The highest BCUT2D eigenvalue weighted by Gasteiger charge is 2.26. The first-order valence-corrected chi connectivity index (χ1v) is 8.29. The summed E-state index contributed by atoms with van der Waals surface area (Å²) in [6.45, 7) is 3.51. The van der Waals surface area contributed by atoms with Gasteiger partial charge in [-0.25, -0.2) is 0 Å². The summed E-state index contributed by atoms with van der Waals surface area (Å²) in [5.74, 6) is 0.755. The maximum absolute atomic E-state index is 12.3. The Morgan fingerprint density at radius 3 is 3.14 bits per heavy atom. The number of fused-ring (bicyclic) bond motifs is 1. The normalized spacial score (nSPS) is 17.8. The Morgan fingerprint density at radius 1 is 1.45 bits per heavy atom. The Balaban J connectivity index is 1.62. The summed E-state index contributed by atoms with van der Waals surface area (Å²) in [5, 5.41) is 5.08. The molecule has 1 aliphatic heterocycles. The lowest BCUT2D eigenvalue weighted by Gasteiger charge is -2.32. The van der Waals surface area contributed by atoms with Crippen molar-refractivity contribution in [2.45, 2.75) is 19.4 Å². The molecule has 0 saturated carbocycles. The van der Waals surface area contributed by atoms with Crippen LogP contribution in [0.15, 0.2) is 35.7 Å². The molecule has 3 rings (SSSR count). The van der Waals surface area contributed by atoms with Crippen LogP contribution in [0.1, 0.15) is 23.4 Å². The second-order valence-corrected chi connectivity index (χ2v) is 6.48. The van der Waals surface area contributed by atoms with Gasteiger partial charge in [-0.1, -0.05) is 6.07 Å². The number of hydrogen-bond donors (Lipinski definition) is 1. The van der Waals surface area contributed by atoms with Gasteiger partial charge in [-0.2, -0.15) is 0 Å². The number of amides is 1. The van der Waals surface area contributed by atoms with Gasteiger partial charge < -0.3 is 10.1 Å². The molecule has 1 aromatic carbocycles. The molecule has 1 N–H and O–H groups in total. The lowest BCUT2D eigenvalue weighted by molar-refractivity contribution is -0.117. The molecule has 4 nitrogen and oxygen atoms in total. The molecule has 0 saturated heterocycles. The van der Waals surface area contributed by atoms with Gasteiger partial charge in [0.2, 0.25) is 5.91 Å². The Labute approximate surface area is 134 Å². The number of anilines is 1. The molecule has 1 aliphatic rings. The predicted octanol–water partition coefficient (Wildman–Crippen LogP) is 3.31. The number of nitrogens with zero attached hydrogens (tertiary/aromatic N) is 1. The summed E-state index contributed by atoms with van der Waals surface area (Å²) in [7, 11) is 1.62. The van der Waals surface area contributed by atoms with E-state index < -0.39 is 0 Å². The van der Waals surface area contributed by atoms with E-state index in [0.717, 1.165) is 24.4 Å². The number of carbonyl (C=O) groups excluding carboxylic acids is 1.